The second-order valence-electron chi connectivity index (χ2n) is 2.07. The van der Waals surface area contributed by atoms with Crippen molar-refractivity contribution in [3.63, 3.8) is 0 Å². The third-order valence-corrected chi connectivity index (χ3v) is 1.13. The summed E-state index contributed by atoms with van der Waals surface area (Å²) in [5.74, 6) is 0. The van der Waals surface area contributed by atoms with E-state index in [0.717, 1.165) is 12.8 Å². The Hall–Kier alpha value is -0.0100. The summed E-state index contributed by atoms with van der Waals surface area (Å²) >= 11 is 0. The lowest BCUT2D eigenvalue weighted by molar-refractivity contribution is 0.611. The van der Waals surface area contributed by atoms with Crippen LogP contribution in [0, 0.1) is 0 Å². The maximum absolute atomic E-state index is 5.62. The van der Waals surface area contributed by atoms with Crippen LogP contribution in [0.5, 0.6) is 0 Å². The molecule has 0 aliphatic heterocycles. The Morgan fingerprint density at radius 3 is 2.56 bits per heavy atom. The molecular weight excluding hydrogens is 134 g/mol. The molecule has 9 heavy (non-hydrogen) atoms. The van der Waals surface area contributed by atoms with Gasteiger partial charge in [-0.15, -0.1) is 19.0 Å². The summed E-state index contributed by atoms with van der Waals surface area (Å²) in [6.45, 7) is 5.74. The van der Waals surface area contributed by atoms with Crippen molar-refractivity contribution in [1.29, 1.82) is 0 Å². The molecule has 0 aromatic carbocycles. The standard InChI is InChI=1S/C7H15N.ClH/c1-3-5-7(8)6-4-2;/h3,7H,1,4-6,8H2,2H3;1H/t7-;/m0./s1. The van der Waals surface area contributed by atoms with Crippen LogP contribution in [-0.4, -0.2) is 6.04 Å². The van der Waals surface area contributed by atoms with E-state index in [9.17, 15) is 0 Å². The van der Waals surface area contributed by atoms with Gasteiger partial charge >= 0.3 is 0 Å². The van der Waals surface area contributed by atoms with Crippen LogP contribution in [0.15, 0.2) is 12.7 Å². The molecule has 0 saturated heterocycles. The Kier molecular flexibility index (Phi) is 10.4. The van der Waals surface area contributed by atoms with Gasteiger partial charge in [-0.1, -0.05) is 19.4 Å². The first-order valence-corrected chi connectivity index (χ1v) is 3.17. The quantitative estimate of drug-likeness (QED) is 0.609. The third kappa shape index (κ3) is 7.99. The number of hydrogen-bond acceptors (Lipinski definition) is 1. The van der Waals surface area contributed by atoms with Gasteiger partial charge in [-0.05, 0) is 12.8 Å². The van der Waals surface area contributed by atoms with Crippen molar-refractivity contribution < 1.29 is 0 Å². The molecule has 0 spiro atoms. The highest BCUT2D eigenvalue weighted by Crippen LogP contribution is 1.97. The molecule has 2 N–H and O–H groups in total. The van der Waals surface area contributed by atoms with Gasteiger partial charge in [-0.3, -0.25) is 0 Å². The van der Waals surface area contributed by atoms with Crippen LogP contribution < -0.4 is 5.73 Å². The van der Waals surface area contributed by atoms with E-state index < -0.39 is 0 Å². The van der Waals surface area contributed by atoms with E-state index in [1.807, 2.05) is 6.08 Å². The summed E-state index contributed by atoms with van der Waals surface area (Å²) in [4.78, 5) is 0. The van der Waals surface area contributed by atoms with Crippen molar-refractivity contribution in [2.75, 3.05) is 0 Å². The zero-order valence-electron chi connectivity index (χ0n) is 5.97. The first-order chi connectivity index (χ1) is 3.81. The van der Waals surface area contributed by atoms with Gasteiger partial charge in [0.05, 0.1) is 0 Å². The summed E-state index contributed by atoms with van der Waals surface area (Å²) in [6, 6.07) is 0.345. The van der Waals surface area contributed by atoms with Crippen LogP contribution in [0.3, 0.4) is 0 Å². The van der Waals surface area contributed by atoms with Crippen molar-refractivity contribution in [3.8, 4) is 0 Å². The number of nitrogens with two attached hydrogens (primary N) is 1. The molecule has 0 radical (unpaired) electrons. The first kappa shape index (κ1) is 11.7. The maximum atomic E-state index is 5.62. The summed E-state index contributed by atoms with van der Waals surface area (Å²) in [7, 11) is 0. The molecule has 0 amide bonds. The molecule has 0 aliphatic rings. The van der Waals surface area contributed by atoms with Crippen LogP contribution >= 0.6 is 12.4 Å². The molecule has 0 aliphatic carbocycles. The fourth-order valence-electron chi connectivity index (χ4n) is 0.703. The van der Waals surface area contributed by atoms with Gasteiger partial charge in [0.2, 0.25) is 0 Å². The Labute approximate surface area is 63.7 Å². The normalized spacial score (nSPS) is 11.8. The molecule has 0 aromatic heterocycles. The molecule has 56 valence electrons. The lowest BCUT2D eigenvalue weighted by Gasteiger charge is -2.04. The van der Waals surface area contributed by atoms with E-state index in [4.69, 9.17) is 5.73 Å². The average Bonchev–Trinajstić information content (AvgIpc) is 1.68. The topological polar surface area (TPSA) is 26.0 Å². The summed E-state index contributed by atoms with van der Waals surface area (Å²) in [6.07, 6.45) is 5.12. The van der Waals surface area contributed by atoms with Crippen LogP contribution in [0.2, 0.25) is 0 Å². The molecule has 0 bridgehead atoms. The van der Waals surface area contributed by atoms with Gasteiger partial charge in [-0.25, -0.2) is 0 Å². The summed E-state index contributed by atoms with van der Waals surface area (Å²) < 4.78 is 0. The third-order valence-electron chi connectivity index (χ3n) is 1.13. The van der Waals surface area contributed by atoms with E-state index in [1.165, 1.54) is 6.42 Å². The Bertz CT molecular complexity index is 63.9. The molecule has 0 unspecified atom stereocenters. The molecular formula is C7H16ClN. The van der Waals surface area contributed by atoms with Crippen molar-refractivity contribution in [1.82, 2.24) is 0 Å². The van der Waals surface area contributed by atoms with Gasteiger partial charge in [0.1, 0.15) is 0 Å². The van der Waals surface area contributed by atoms with Crippen LogP contribution in [0.1, 0.15) is 26.2 Å². The second-order valence-corrected chi connectivity index (χ2v) is 2.07. The zero-order chi connectivity index (χ0) is 6.41. The second kappa shape index (κ2) is 7.99. The van der Waals surface area contributed by atoms with Crippen molar-refractivity contribution in [2.24, 2.45) is 5.73 Å². The van der Waals surface area contributed by atoms with Gasteiger partial charge < -0.3 is 5.73 Å². The Morgan fingerprint density at radius 2 is 2.22 bits per heavy atom. The van der Waals surface area contributed by atoms with Crippen LogP contribution in [-0.2, 0) is 0 Å². The summed E-state index contributed by atoms with van der Waals surface area (Å²) in [5, 5.41) is 0. The zero-order valence-corrected chi connectivity index (χ0v) is 6.79. The maximum Gasteiger partial charge on any atom is 0.00732 e. The Balaban J connectivity index is 0. The van der Waals surface area contributed by atoms with E-state index in [0.29, 0.717) is 6.04 Å². The minimum absolute atomic E-state index is 0. The van der Waals surface area contributed by atoms with E-state index >= 15 is 0 Å². The van der Waals surface area contributed by atoms with Gasteiger partial charge in [-0.2, -0.15) is 0 Å². The fourth-order valence-corrected chi connectivity index (χ4v) is 0.703. The lowest BCUT2D eigenvalue weighted by Crippen LogP contribution is -2.17. The number of rotatable bonds is 4. The number of hydrogen-bond donors (Lipinski definition) is 1. The average molecular weight is 150 g/mol. The van der Waals surface area contributed by atoms with Gasteiger partial charge in [0.25, 0.3) is 0 Å². The van der Waals surface area contributed by atoms with Crippen molar-refractivity contribution in [2.45, 2.75) is 32.2 Å². The molecule has 1 atom stereocenters. The predicted octanol–water partition coefficient (Wildman–Crippen LogP) is 2.11. The minimum Gasteiger partial charge on any atom is -0.327 e. The van der Waals surface area contributed by atoms with E-state index in [-0.39, 0.29) is 12.4 Å². The summed E-state index contributed by atoms with van der Waals surface area (Å²) in [5.41, 5.74) is 5.62. The molecule has 0 rings (SSSR count). The number of halogens is 1. The van der Waals surface area contributed by atoms with Crippen molar-refractivity contribution in [3.05, 3.63) is 12.7 Å². The molecule has 2 heteroatoms. The fraction of sp³-hybridized carbons (Fsp3) is 0.714. The molecule has 0 fully saturated rings. The Morgan fingerprint density at radius 1 is 1.67 bits per heavy atom. The monoisotopic (exact) mass is 149 g/mol. The van der Waals surface area contributed by atoms with Crippen LogP contribution in [0.25, 0.3) is 0 Å². The molecule has 0 heterocycles. The SMILES string of the molecule is C=CC[C@H](N)CCC.Cl. The highest BCUT2D eigenvalue weighted by molar-refractivity contribution is 5.85. The molecule has 1 nitrogen and oxygen atoms in total. The van der Waals surface area contributed by atoms with Gasteiger partial charge in [0, 0.05) is 6.04 Å². The largest absolute Gasteiger partial charge is 0.327 e. The minimum atomic E-state index is 0. The first-order valence-electron chi connectivity index (χ1n) is 3.17. The van der Waals surface area contributed by atoms with Crippen LogP contribution in [0.4, 0.5) is 0 Å². The highest BCUT2D eigenvalue weighted by atomic mass is 35.5. The molecule has 0 saturated carbocycles. The van der Waals surface area contributed by atoms with E-state index in [1.54, 1.807) is 0 Å². The highest BCUT2D eigenvalue weighted by Gasteiger charge is 1.94. The molecule has 0 aromatic rings. The van der Waals surface area contributed by atoms with Crippen molar-refractivity contribution >= 4 is 12.4 Å². The lowest BCUT2D eigenvalue weighted by atomic mass is 10.1. The smallest absolute Gasteiger partial charge is 0.00732 e. The van der Waals surface area contributed by atoms with E-state index in [2.05, 4.69) is 13.5 Å². The predicted molar refractivity (Wildman–Crippen MR) is 44.9 cm³/mol. The van der Waals surface area contributed by atoms with Gasteiger partial charge in [0.15, 0.2) is 0 Å².